The Morgan fingerprint density at radius 1 is 1.10 bits per heavy atom. The zero-order valence-corrected chi connectivity index (χ0v) is 18.0. The molecule has 1 saturated heterocycles. The van der Waals surface area contributed by atoms with Crippen LogP contribution < -0.4 is 4.90 Å². The second-order valence-electron chi connectivity index (χ2n) is 7.46. The fourth-order valence-electron chi connectivity index (χ4n) is 3.50. The molecule has 6 nitrogen and oxygen atoms in total. The van der Waals surface area contributed by atoms with Crippen molar-refractivity contribution in [1.82, 2.24) is 19.8 Å². The SMILES string of the molecule is CN(C)C(=O)CN1CCN(c2ccc(Cl)c(-c3nc4ccc(Cl)cc4[nH]3)c2)CC1. The van der Waals surface area contributed by atoms with Crippen molar-refractivity contribution in [1.29, 1.82) is 0 Å². The highest BCUT2D eigenvalue weighted by Crippen LogP contribution is 2.32. The van der Waals surface area contributed by atoms with E-state index >= 15 is 0 Å². The summed E-state index contributed by atoms with van der Waals surface area (Å²) in [7, 11) is 3.58. The quantitative estimate of drug-likeness (QED) is 0.683. The number of imidazole rings is 1. The van der Waals surface area contributed by atoms with Crippen LogP contribution in [0.5, 0.6) is 0 Å². The van der Waals surface area contributed by atoms with Crippen molar-refractivity contribution in [3.05, 3.63) is 46.4 Å². The summed E-state index contributed by atoms with van der Waals surface area (Å²) in [6.45, 7) is 3.88. The number of likely N-dealkylation sites (N-methyl/N-ethyl adjacent to an activating group) is 1. The van der Waals surface area contributed by atoms with E-state index in [1.807, 2.05) is 30.3 Å². The second kappa shape index (κ2) is 8.22. The molecule has 29 heavy (non-hydrogen) atoms. The van der Waals surface area contributed by atoms with Gasteiger partial charge in [-0.05, 0) is 36.4 Å². The Hall–Kier alpha value is -2.28. The predicted octanol–water partition coefficient (Wildman–Crippen LogP) is 3.75. The Bertz CT molecular complexity index is 1040. The van der Waals surface area contributed by atoms with E-state index in [1.54, 1.807) is 19.0 Å². The molecule has 2 aromatic carbocycles. The van der Waals surface area contributed by atoms with Crippen molar-refractivity contribution in [2.75, 3.05) is 51.7 Å². The minimum atomic E-state index is 0.136. The number of benzene rings is 2. The van der Waals surface area contributed by atoms with E-state index in [-0.39, 0.29) is 5.91 Å². The fourth-order valence-corrected chi connectivity index (χ4v) is 3.88. The molecule has 0 saturated carbocycles. The fraction of sp³-hybridized carbons (Fsp3) is 0.333. The largest absolute Gasteiger partial charge is 0.369 e. The summed E-state index contributed by atoms with van der Waals surface area (Å²) in [5.41, 5.74) is 3.70. The minimum absolute atomic E-state index is 0.136. The lowest BCUT2D eigenvalue weighted by molar-refractivity contribution is -0.129. The summed E-state index contributed by atoms with van der Waals surface area (Å²) in [5.74, 6) is 0.863. The molecule has 0 spiro atoms. The maximum atomic E-state index is 11.9. The van der Waals surface area contributed by atoms with Gasteiger partial charge in [-0.3, -0.25) is 9.69 Å². The number of aromatic nitrogens is 2. The molecule has 8 heteroatoms. The molecule has 152 valence electrons. The van der Waals surface area contributed by atoms with Crippen LogP contribution in [0.2, 0.25) is 10.0 Å². The van der Waals surface area contributed by atoms with Crippen LogP contribution in [0.3, 0.4) is 0 Å². The van der Waals surface area contributed by atoms with Crippen LogP contribution in [-0.2, 0) is 4.79 Å². The molecule has 0 radical (unpaired) electrons. The molecule has 1 amide bonds. The van der Waals surface area contributed by atoms with E-state index in [0.717, 1.165) is 54.3 Å². The third-order valence-electron chi connectivity index (χ3n) is 5.24. The number of rotatable bonds is 4. The number of aromatic amines is 1. The first kappa shape index (κ1) is 20.0. The van der Waals surface area contributed by atoms with Crippen LogP contribution in [0, 0.1) is 0 Å². The summed E-state index contributed by atoms with van der Waals surface area (Å²) in [4.78, 5) is 26.1. The summed E-state index contributed by atoms with van der Waals surface area (Å²) in [6.07, 6.45) is 0. The molecule has 1 aliphatic rings. The average molecular weight is 432 g/mol. The monoisotopic (exact) mass is 431 g/mol. The number of carbonyl (C=O) groups excluding carboxylic acids is 1. The third-order valence-corrected chi connectivity index (χ3v) is 5.81. The molecular weight excluding hydrogens is 409 g/mol. The van der Waals surface area contributed by atoms with E-state index in [4.69, 9.17) is 23.2 Å². The zero-order valence-electron chi connectivity index (χ0n) is 16.5. The van der Waals surface area contributed by atoms with Gasteiger partial charge < -0.3 is 14.8 Å². The van der Waals surface area contributed by atoms with Gasteiger partial charge in [0.05, 0.1) is 22.6 Å². The topological polar surface area (TPSA) is 55.5 Å². The normalized spacial score (nSPS) is 15.1. The molecule has 3 aromatic rings. The summed E-state index contributed by atoms with van der Waals surface area (Å²) in [5, 5.41) is 1.31. The van der Waals surface area contributed by atoms with Gasteiger partial charge in [-0.25, -0.2) is 4.98 Å². The van der Waals surface area contributed by atoms with E-state index in [1.165, 1.54) is 0 Å². The van der Waals surface area contributed by atoms with Crippen LogP contribution >= 0.6 is 23.2 Å². The smallest absolute Gasteiger partial charge is 0.236 e. The number of amides is 1. The first-order valence-corrected chi connectivity index (χ1v) is 10.3. The van der Waals surface area contributed by atoms with E-state index < -0.39 is 0 Å². The second-order valence-corrected chi connectivity index (χ2v) is 8.31. The van der Waals surface area contributed by atoms with Crippen LogP contribution in [0.25, 0.3) is 22.4 Å². The van der Waals surface area contributed by atoms with Crippen molar-refractivity contribution < 1.29 is 4.79 Å². The van der Waals surface area contributed by atoms with Crippen LogP contribution in [-0.4, -0.2) is 72.5 Å². The van der Waals surface area contributed by atoms with Gasteiger partial charge in [0.2, 0.25) is 5.91 Å². The molecule has 1 fully saturated rings. The third kappa shape index (κ3) is 4.34. The van der Waals surface area contributed by atoms with Gasteiger partial charge in [0, 0.05) is 56.5 Å². The number of anilines is 1. The molecule has 1 aromatic heterocycles. The Morgan fingerprint density at radius 3 is 2.59 bits per heavy atom. The Kier molecular flexibility index (Phi) is 5.67. The lowest BCUT2D eigenvalue weighted by Crippen LogP contribution is -2.49. The first-order chi connectivity index (χ1) is 13.9. The molecule has 1 aliphatic heterocycles. The molecule has 4 rings (SSSR count). The number of fused-ring (bicyclic) bond motifs is 1. The van der Waals surface area contributed by atoms with Crippen LogP contribution in [0.4, 0.5) is 5.69 Å². The highest BCUT2D eigenvalue weighted by atomic mass is 35.5. The maximum Gasteiger partial charge on any atom is 0.236 e. The number of nitrogens with zero attached hydrogens (tertiary/aromatic N) is 4. The number of nitrogens with one attached hydrogen (secondary N) is 1. The van der Waals surface area contributed by atoms with Crippen molar-refractivity contribution >= 4 is 45.8 Å². The lowest BCUT2D eigenvalue weighted by atomic mass is 10.1. The molecule has 0 unspecified atom stereocenters. The molecule has 0 aliphatic carbocycles. The highest BCUT2D eigenvalue weighted by Gasteiger charge is 2.21. The summed E-state index contributed by atoms with van der Waals surface area (Å²) < 4.78 is 0. The number of piperazine rings is 1. The van der Waals surface area contributed by atoms with Gasteiger partial charge in [-0.15, -0.1) is 0 Å². The predicted molar refractivity (Wildman–Crippen MR) is 119 cm³/mol. The number of carbonyl (C=O) groups is 1. The Labute approximate surface area is 180 Å². The lowest BCUT2D eigenvalue weighted by Gasteiger charge is -2.36. The molecule has 2 heterocycles. The van der Waals surface area contributed by atoms with Gasteiger partial charge in [0.25, 0.3) is 0 Å². The Balaban J connectivity index is 1.52. The average Bonchev–Trinajstić information content (AvgIpc) is 3.11. The number of hydrogen-bond donors (Lipinski definition) is 1. The van der Waals surface area contributed by atoms with Gasteiger partial charge in [0.1, 0.15) is 5.82 Å². The van der Waals surface area contributed by atoms with Gasteiger partial charge in [0.15, 0.2) is 0 Å². The molecular formula is C21H23Cl2N5O. The van der Waals surface area contributed by atoms with Crippen LogP contribution in [0.15, 0.2) is 36.4 Å². The molecule has 0 bridgehead atoms. The molecule has 0 atom stereocenters. The van der Waals surface area contributed by atoms with Gasteiger partial charge >= 0.3 is 0 Å². The van der Waals surface area contributed by atoms with Gasteiger partial charge in [-0.1, -0.05) is 23.2 Å². The van der Waals surface area contributed by atoms with Gasteiger partial charge in [-0.2, -0.15) is 0 Å². The zero-order chi connectivity index (χ0) is 20.5. The number of H-pyrrole nitrogens is 1. The van der Waals surface area contributed by atoms with Crippen molar-refractivity contribution in [2.45, 2.75) is 0 Å². The van der Waals surface area contributed by atoms with E-state index in [2.05, 4.69) is 25.8 Å². The van der Waals surface area contributed by atoms with Crippen molar-refractivity contribution in [3.8, 4) is 11.4 Å². The first-order valence-electron chi connectivity index (χ1n) is 9.53. The molecule has 1 N–H and O–H groups in total. The summed E-state index contributed by atoms with van der Waals surface area (Å²) in [6, 6.07) is 11.6. The number of hydrogen-bond acceptors (Lipinski definition) is 4. The summed E-state index contributed by atoms with van der Waals surface area (Å²) >= 11 is 12.6. The highest BCUT2D eigenvalue weighted by molar-refractivity contribution is 6.33. The van der Waals surface area contributed by atoms with E-state index in [9.17, 15) is 4.79 Å². The Morgan fingerprint density at radius 2 is 1.86 bits per heavy atom. The number of halogens is 2. The minimum Gasteiger partial charge on any atom is -0.369 e. The van der Waals surface area contributed by atoms with Crippen molar-refractivity contribution in [2.24, 2.45) is 0 Å². The van der Waals surface area contributed by atoms with Crippen molar-refractivity contribution in [3.63, 3.8) is 0 Å². The van der Waals surface area contributed by atoms with E-state index in [0.29, 0.717) is 16.6 Å². The standard InChI is InChI=1S/C21H23Cl2N5O/c1-26(2)20(29)13-27-7-9-28(10-8-27)15-4-5-17(23)16(12-15)21-24-18-6-3-14(22)11-19(18)25-21/h3-6,11-12H,7-10,13H2,1-2H3,(H,24,25). The van der Waals surface area contributed by atoms with Crippen LogP contribution in [0.1, 0.15) is 0 Å². The maximum absolute atomic E-state index is 11.9.